The summed E-state index contributed by atoms with van der Waals surface area (Å²) in [4.78, 5) is 12.0. The van der Waals surface area contributed by atoms with Crippen LogP contribution in [0.15, 0.2) is 57.7 Å². The Morgan fingerprint density at radius 3 is 2.42 bits per heavy atom. The first-order valence-electron chi connectivity index (χ1n) is 7.84. The van der Waals surface area contributed by atoms with Crippen LogP contribution in [0.3, 0.4) is 0 Å². The summed E-state index contributed by atoms with van der Waals surface area (Å²) in [6.07, 6.45) is 3.72. The van der Waals surface area contributed by atoms with Gasteiger partial charge in [0.15, 0.2) is 0 Å². The Labute approximate surface area is 140 Å². The molecule has 0 amide bonds. The molecule has 3 nitrogen and oxygen atoms in total. The molecule has 118 valence electrons. The Bertz CT molecular complexity index is 1000. The van der Waals surface area contributed by atoms with Crippen LogP contribution in [0.4, 0.5) is 0 Å². The van der Waals surface area contributed by atoms with Gasteiger partial charge in [0.05, 0.1) is 0 Å². The van der Waals surface area contributed by atoms with Gasteiger partial charge < -0.3 is 4.42 Å². The van der Waals surface area contributed by atoms with Crippen molar-refractivity contribution >= 4 is 23.1 Å². The van der Waals surface area contributed by atoms with E-state index in [2.05, 4.69) is 26.0 Å². The highest BCUT2D eigenvalue weighted by molar-refractivity contribution is 5.91. The largest absolute Gasteiger partial charge is 0.422 e. The van der Waals surface area contributed by atoms with Gasteiger partial charge >= 0.3 is 5.63 Å². The molecule has 3 aromatic rings. The van der Waals surface area contributed by atoms with Crippen LogP contribution in [-0.2, 0) is 0 Å². The van der Waals surface area contributed by atoms with E-state index in [1.54, 1.807) is 12.1 Å². The molecule has 0 aliphatic rings. The van der Waals surface area contributed by atoms with Crippen LogP contribution in [0, 0.1) is 11.3 Å². The lowest BCUT2D eigenvalue weighted by molar-refractivity contribution is 0.558. The minimum absolute atomic E-state index is 0.0313. The van der Waals surface area contributed by atoms with Gasteiger partial charge in [0.1, 0.15) is 17.2 Å². The Kier molecular flexibility index (Phi) is 4.31. The highest BCUT2D eigenvalue weighted by atomic mass is 16.4. The van der Waals surface area contributed by atoms with Gasteiger partial charge in [-0.05, 0) is 23.1 Å². The van der Waals surface area contributed by atoms with Gasteiger partial charge in [0, 0.05) is 10.9 Å². The van der Waals surface area contributed by atoms with Crippen molar-refractivity contribution < 1.29 is 4.42 Å². The average Bonchev–Trinajstić information content (AvgIpc) is 2.59. The Balaban J connectivity index is 2.09. The molecule has 0 N–H and O–H groups in total. The van der Waals surface area contributed by atoms with Crippen LogP contribution in [-0.4, -0.2) is 0 Å². The van der Waals surface area contributed by atoms with E-state index in [9.17, 15) is 10.1 Å². The molecule has 0 spiro atoms. The number of hydrogen-bond donors (Lipinski definition) is 0. The normalized spacial score (nSPS) is 11.2. The van der Waals surface area contributed by atoms with Gasteiger partial charge in [0.2, 0.25) is 0 Å². The average molecular weight is 315 g/mol. The van der Waals surface area contributed by atoms with Crippen molar-refractivity contribution in [3.8, 4) is 6.07 Å². The molecule has 0 aliphatic heterocycles. The molecular formula is C21H17NO2. The number of benzene rings is 2. The third-order valence-electron chi connectivity index (χ3n) is 4.01. The Morgan fingerprint density at radius 1 is 1.04 bits per heavy atom. The van der Waals surface area contributed by atoms with Gasteiger partial charge in [-0.25, -0.2) is 4.79 Å². The lowest BCUT2D eigenvalue weighted by atomic mass is 10.0. The zero-order chi connectivity index (χ0) is 17.1. The van der Waals surface area contributed by atoms with Crippen LogP contribution < -0.4 is 5.63 Å². The molecule has 0 atom stereocenters. The maximum Gasteiger partial charge on any atom is 0.354 e. The van der Waals surface area contributed by atoms with Crippen molar-refractivity contribution in [3.05, 3.63) is 81.2 Å². The van der Waals surface area contributed by atoms with Crippen LogP contribution in [0.25, 0.3) is 23.1 Å². The summed E-state index contributed by atoms with van der Waals surface area (Å²) in [6, 6.07) is 17.4. The molecular weight excluding hydrogens is 298 g/mol. The van der Waals surface area contributed by atoms with E-state index in [-0.39, 0.29) is 5.56 Å². The molecule has 0 radical (unpaired) electrons. The van der Waals surface area contributed by atoms with Gasteiger partial charge in [-0.15, -0.1) is 0 Å². The fourth-order valence-electron chi connectivity index (χ4n) is 2.62. The summed E-state index contributed by atoms with van der Waals surface area (Å²) in [5.74, 6) is 0.482. The van der Waals surface area contributed by atoms with Crippen LogP contribution in [0.5, 0.6) is 0 Å². The molecule has 24 heavy (non-hydrogen) atoms. The molecule has 3 heteroatoms. The van der Waals surface area contributed by atoms with E-state index in [1.807, 2.05) is 42.5 Å². The van der Waals surface area contributed by atoms with Crippen molar-refractivity contribution in [2.24, 2.45) is 0 Å². The third-order valence-corrected chi connectivity index (χ3v) is 4.01. The monoisotopic (exact) mass is 315 g/mol. The molecule has 0 saturated carbocycles. The molecule has 1 aromatic heterocycles. The molecule has 3 rings (SSSR count). The number of nitrogens with zero attached hydrogens (tertiary/aromatic N) is 1. The van der Waals surface area contributed by atoms with Crippen molar-refractivity contribution in [2.45, 2.75) is 19.8 Å². The second-order valence-corrected chi connectivity index (χ2v) is 5.94. The lowest BCUT2D eigenvalue weighted by Crippen LogP contribution is -2.06. The van der Waals surface area contributed by atoms with Crippen molar-refractivity contribution in [3.63, 3.8) is 0 Å². The highest BCUT2D eigenvalue weighted by Gasteiger charge is 2.11. The Morgan fingerprint density at radius 2 is 1.75 bits per heavy atom. The molecule has 0 aliphatic carbocycles. The first kappa shape index (κ1) is 15.8. The van der Waals surface area contributed by atoms with Gasteiger partial charge in [-0.1, -0.05) is 68.5 Å². The quantitative estimate of drug-likeness (QED) is 0.642. The maximum atomic E-state index is 12.0. The molecule has 1 heterocycles. The van der Waals surface area contributed by atoms with Gasteiger partial charge in [-0.3, -0.25) is 0 Å². The van der Waals surface area contributed by atoms with Gasteiger partial charge in [-0.2, -0.15) is 5.26 Å². The number of para-hydroxylation sites is 1. The summed E-state index contributed by atoms with van der Waals surface area (Å²) in [5, 5.41) is 10.1. The highest BCUT2D eigenvalue weighted by Crippen LogP contribution is 2.22. The van der Waals surface area contributed by atoms with Crippen molar-refractivity contribution in [1.29, 1.82) is 5.26 Å². The molecule has 0 fully saturated rings. The standard InChI is InChI=1S/C21H17NO2/c1-14(2)16-10-7-15(8-11-16)9-12-17-18-5-3-4-6-20(18)24-21(23)19(17)13-22/h3-12,14H,1-2H3/b12-9+. The predicted octanol–water partition coefficient (Wildman–Crippen LogP) is 4.96. The topological polar surface area (TPSA) is 54.0 Å². The van der Waals surface area contributed by atoms with Crippen LogP contribution in [0.2, 0.25) is 0 Å². The Hall–Kier alpha value is -3.12. The predicted molar refractivity (Wildman–Crippen MR) is 96.7 cm³/mol. The number of fused-ring (bicyclic) bond motifs is 1. The number of nitriles is 1. The molecule has 0 saturated heterocycles. The zero-order valence-electron chi connectivity index (χ0n) is 13.6. The minimum Gasteiger partial charge on any atom is -0.422 e. The van der Waals surface area contributed by atoms with Crippen LogP contribution in [0.1, 0.15) is 42.0 Å². The SMILES string of the molecule is CC(C)c1ccc(/C=C/c2c(C#N)c(=O)oc3ccccc23)cc1. The summed E-state index contributed by atoms with van der Waals surface area (Å²) in [5.41, 5.74) is 2.79. The van der Waals surface area contributed by atoms with E-state index < -0.39 is 5.63 Å². The summed E-state index contributed by atoms with van der Waals surface area (Å²) >= 11 is 0. The second-order valence-electron chi connectivity index (χ2n) is 5.94. The van der Waals surface area contributed by atoms with Gasteiger partial charge in [0.25, 0.3) is 0 Å². The molecule has 2 aromatic carbocycles. The molecule has 0 bridgehead atoms. The van der Waals surface area contributed by atoms with Crippen molar-refractivity contribution in [2.75, 3.05) is 0 Å². The minimum atomic E-state index is -0.606. The number of rotatable bonds is 3. The lowest BCUT2D eigenvalue weighted by Gasteiger charge is -2.05. The van der Waals surface area contributed by atoms with E-state index in [1.165, 1.54) is 5.56 Å². The van der Waals surface area contributed by atoms with E-state index in [4.69, 9.17) is 4.42 Å². The first-order chi connectivity index (χ1) is 11.6. The molecule has 0 unspecified atom stereocenters. The van der Waals surface area contributed by atoms with E-state index in [0.717, 1.165) is 10.9 Å². The summed E-state index contributed by atoms with van der Waals surface area (Å²) in [6.45, 7) is 4.30. The second kappa shape index (κ2) is 6.55. The fourth-order valence-corrected chi connectivity index (χ4v) is 2.62. The third kappa shape index (κ3) is 3.00. The first-order valence-corrected chi connectivity index (χ1v) is 7.84. The maximum absolute atomic E-state index is 12.0. The van der Waals surface area contributed by atoms with E-state index in [0.29, 0.717) is 17.1 Å². The zero-order valence-corrected chi connectivity index (χ0v) is 13.6. The summed E-state index contributed by atoms with van der Waals surface area (Å²) < 4.78 is 5.21. The fraction of sp³-hybridized carbons (Fsp3) is 0.143. The number of hydrogen-bond acceptors (Lipinski definition) is 3. The summed E-state index contributed by atoms with van der Waals surface area (Å²) in [7, 11) is 0. The smallest absolute Gasteiger partial charge is 0.354 e. The van der Waals surface area contributed by atoms with Crippen LogP contribution >= 0.6 is 0 Å². The van der Waals surface area contributed by atoms with E-state index >= 15 is 0 Å². The van der Waals surface area contributed by atoms with Crippen molar-refractivity contribution in [1.82, 2.24) is 0 Å².